The van der Waals surface area contributed by atoms with Crippen molar-refractivity contribution in [2.75, 3.05) is 44.4 Å². The number of piperidine rings is 1. The van der Waals surface area contributed by atoms with Crippen molar-refractivity contribution in [1.82, 2.24) is 20.2 Å². The van der Waals surface area contributed by atoms with Crippen molar-refractivity contribution in [1.29, 1.82) is 0 Å². The lowest BCUT2D eigenvalue weighted by atomic mass is 9.76. The second kappa shape index (κ2) is 11.8. The van der Waals surface area contributed by atoms with Gasteiger partial charge in [0.25, 0.3) is 0 Å². The molecule has 3 aromatic rings. The number of ether oxygens (including phenoxy) is 1. The molecule has 42 heavy (non-hydrogen) atoms. The minimum absolute atomic E-state index is 0.0594. The van der Waals surface area contributed by atoms with E-state index in [1.54, 1.807) is 12.1 Å². The van der Waals surface area contributed by atoms with Crippen LogP contribution in [0, 0.1) is 5.41 Å². The Morgan fingerprint density at radius 1 is 1.12 bits per heavy atom. The Kier molecular flexibility index (Phi) is 8.29. The van der Waals surface area contributed by atoms with Gasteiger partial charge in [-0.3, -0.25) is 4.79 Å². The lowest BCUT2D eigenvalue weighted by molar-refractivity contribution is -0.198. The molecule has 0 bridgehead atoms. The van der Waals surface area contributed by atoms with Gasteiger partial charge in [0.1, 0.15) is 11.9 Å². The van der Waals surface area contributed by atoms with Gasteiger partial charge in [0.05, 0.1) is 0 Å². The molecule has 2 aliphatic rings. The number of hydrogen-bond acceptors (Lipinski definition) is 8. The monoisotopic (exact) mass is 584 g/mol. The van der Waals surface area contributed by atoms with Crippen LogP contribution >= 0.6 is 0 Å². The molecule has 5 rings (SSSR count). The maximum atomic E-state index is 14.2. The first-order valence-corrected chi connectivity index (χ1v) is 13.8. The van der Waals surface area contributed by atoms with Gasteiger partial charge in [0, 0.05) is 37.8 Å². The molecule has 0 radical (unpaired) electrons. The first-order chi connectivity index (χ1) is 19.9. The van der Waals surface area contributed by atoms with Crippen LogP contribution < -0.4 is 20.7 Å². The van der Waals surface area contributed by atoms with Crippen LogP contribution in [0.15, 0.2) is 54.6 Å². The summed E-state index contributed by atoms with van der Waals surface area (Å²) >= 11 is 0. The summed E-state index contributed by atoms with van der Waals surface area (Å²) in [6, 6.07) is 14.8. The van der Waals surface area contributed by atoms with E-state index in [-0.39, 0.29) is 22.8 Å². The molecule has 12 heteroatoms. The molecule has 0 unspecified atom stereocenters. The van der Waals surface area contributed by atoms with Crippen LogP contribution in [-0.4, -0.2) is 71.9 Å². The largest absolute Gasteiger partial charge is 0.480 e. The molecule has 2 aliphatic heterocycles. The Labute approximate surface area is 242 Å². The Hall–Kier alpha value is -3.90. The molecule has 2 aromatic carbocycles. The summed E-state index contributed by atoms with van der Waals surface area (Å²) in [5.41, 5.74) is 8.54. The summed E-state index contributed by atoms with van der Waals surface area (Å²) in [4.78, 5) is 23.5. The number of aliphatic carboxylic acids is 1. The molecule has 0 amide bonds. The summed E-state index contributed by atoms with van der Waals surface area (Å²) in [5.74, 6) is -0.940. The smallest absolute Gasteiger partial charge is 0.429 e. The van der Waals surface area contributed by atoms with E-state index >= 15 is 0 Å². The van der Waals surface area contributed by atoms with Gasteiger partial charge >= 0.3 is 12.1 Å². The first-order valence-electron chi connectivity index (χ1n) is 13.8. The van der Waals surface area contributed by atoms with Crippen molar-refractivity contribution >= 4 is 17.7 Å². The molecule has 1 aromatic heterocycles. The van der Waals surface area contributed by atoms with E-state index in [1.807, 2.05) is 43.3 Å². The van der Waals surface area contributed by atoms with Crippen molar-refractivity contribution in [2.45, 2.75) is 44.1 Å². The quantitative estimate of drug-likeness (QED) is 0.352. The van der Waals surface area contributed by atoms with Crippen LogP contribution in [0.1, 0.15) is 36.5 Å². The molecular weight excluding hydrogens is 549 g/mol. The summed E-state index contributed by atoms with van der Waals surface area (Å²) in [6.07, 6.45) is -4.97. The number of carboxylic acid groups (broad SMARTS) is 1. The molecule has 9 nitrogen and oxygen atoms in total. The summed E-state index contributed by atoms with van der Waals surface area (Å²) in [7, 11) is 3.97. The lowest BCUT2D eigenvalue weighted by Crippen LogP contribution is -2.41. The second-order valence-electron chi connectivity index (χ2n) is 11.5. The molecule has 2 fully saturated rings. The topological polar surface area (TPSA) is 117 Å². The number of halogens is 3. The van der Waals surface area contributed by atoms with E-state index in [0.717, 1.165) is 36.1 Å². The molecule has 3 heterocycles. The van der Waals surface area contributed by atoms with Crippen molar-refractivity contribution in [3.8, 4) is 17.0 Å². The number of hydrogen-bond donors (Lipinski definition) is 3. The normalized spacial score (nSPS) is 19.3. The molecule has 2 atom stereocenters. The number of aromatic nitrogens is 2. The minimum Gasteiger partial charge on any atom is -0.480 e. The minimum atomic E-state index is -4.71. The highest BCUT2D eigenvalue weighted by atomic mass is 19.4. The summed E-state index contributed by atoms with van der Waals surface area (Å²) in [5, 5.41) is 12.4. The van der Waals surface area contributed by atoms with Crippen molar-refractivity contribution in [2.24, 2.45) is 5.41 Å². The number of nitrogens with one attached hydrogen (secondary N) is 1. The van der Waals surface area contributed by atoms with E-state index in [0.29, 0.717) is 31.9 Å². The number of nitrogens with two attached hydrogens (primary N) is 1. The molecule has 4 N–H and O–H groups in total. The van der Waals surface area contributed by atoms with Crippen LogP contribution in [-0.2, 0) is 11.3 Å². The van der Waals surface area contributed by atoms with Crippen LogP contribution in [0.25, 0.3) is 11.1 Å². The van der Waals surface area contributed by atoms with Gasteiger partial charge in [-0.15, -0.1) is 0 Å². The van der Waals surface area contributed by atoms with Crippen LogP contribution in [0.3, 0.4) is 0 Å². The SMILES string of the molecule is CN(C)Cc1ccc(-c2ccc([C@@H](Oc3cc(N4CCC5(CC4)CN[C@H](C(=O)O)C5)nc(N)n3)C(F)(F)F)cc2)cc1. The standard InChI is InChI=1S/C30H35F3N6O3/c1-38(2)17-19-3-5-20(6-4-19)21-7-9-22(10-8-21)26(30(31,32)33)42-25-15-24(36-28(34)37-25)39-13-11-29(12-14-39)16-23(27(40)41)35-18-29/h3-10,15,23,26,35H,11-14,16-18H2,1-2H3,(H,40,41)(H2,34,36,37)/t23-,26+/m0/s1. The number of nitrogen functional groups attached to an aromatic ring is 1. The van der Waals surface area contributed by atoms with E-state index in [1.165, 1.54) is 18.2 Å². The number of anilines is 2. The number of rotatable bonds is 8. The molecule has 2 saturated heterocycles. The van der Waals surface area contributed by atoms with E-state index in [9.17, 15) is 23.1 Å². The van der Waals surface area contributed by atoms with Gasteiger partial charge in [0.15, 0.2) is 0 Å². The van der Waals surface area contributed by atoms with Gasteiger partial charge in [-0.1, -0.05) is 48.5 Å². The number of alkyl halides is 3. The maximum absolute atomic E-state index is 14.2. The number of carboxylic acids is 1. The first kappa shape index (κ1) is 29.6. The van der Waals surface area contributed by atoms with Crippen LogP contribution in [0.5, 0.6) is 5.88 Å². The number of benzene rings is 2. The third-order valence-electron chi connectivity index (χ3n) is 8.05. The summed E-state index contributed by atoms with van der Waals surface area (Å²) < 4.78 is 48.1. The van der Waals surface area contributed by atoms with Crippen molar-refractivity contribution < 1.29 is 27.8 Å². The Bertz CT molecular complexity index is 1390. The highest BCUT2D eigenvalue weighted by molar-refractivity contribution is 5.74. The average Bonchev–Trinajstić information content (AvgIpc) is 3.35. The molecular formula is C30H35F3N6O3. The zero-order chi connectivity index (χ0) is 30.1. The van der Waals surface area contributed by atoms with E-state index in [4.69, 9.17) is 10.5 Å². The average molecular weight is 585 g/mol. The van der Waals surface area contributed by atoms with Crippen LogP contribution in [0.4, 0.5) is 24.9 Å². The number of carbonyl (C=O) groups is 1. The zero-order valence-electron chi connectivity index (χ0n) is 23.6. The fourth-order valence-electron chi connectivity index (χ4n) is 5.80. The third kappa shape index (κ3) is 6.76. The predicted octanol–water partition coefficient (Wildman–Crippen LogP) is 4.50. The number of nitrogens with zero attached hydrogens (tertiary/aromatic N) is 4. The molecule has 1 spiro atoms. The maximum Gasteiger partial charge on any atom is 0.429 e. The zero-order valence-corrected chi connectivity index (χ0v) is 23.6. The Morgan fingerprint density at radius 3 is 2.29 bits per heavy atom. The van der Waals surface area contributed by atoms with Gasteiger partial charge in [-0.2, -0.15) is 23.1 Å². The fourth-order valence-corrected chi connectivity index (χ4v) is 5.80. The van der Waals surface area contributed by atoms with Gasteiger partial charge in [-0.05, 0) is 55.5 Å². The third-order valence-corrected chi connectivity index (χ3v) is 8.05. The molecule has 224 valence electrons. The van der Waals surface area contributed by atoms with Gasteiger partial charge in [-0.25, -0.2) is 0 Å². The fraction of sp³-hybridized carbons (Fsp3) is 0.433. The van der Waals surface area contributed by atoms with Crippen LogP contribution in [0.2, 0.25) is 0 Å². The molecule has 0 saturated carbocycles. The van der Waals surface area contributed by atoms with E-state index in [2.05, 4.69) is 20.2 Å². The van der Waals surface area contributed by atoms with Gasteiger partial charge < -0.3 is 30.7 Å². The van der Waals surface area contributed by atoms with Gasteiger partial charge in [0.2, 0.25) is 17.9 Å². The predicted molar refractivity (Wildman–Crippen MR) is 153 cm³/mol. The Balaban J connectivity index is 1.30. The highest BCUT2D eigenvalue weighted by Gasteiger charge is 2.45. The Morgan fingerprint density at radius 2 is 1.74 bits per heavy atom. The molecule has 0 aliphatic carbocycles. The second-order valence-corrected chi connectivity index (χ2v) is 11.5. The van der Waals surface area contributed by atoms with Crippen molar-refractivity contribution in [3.63, 3.8) is 0 Å². The lowest BCUT2D eigenvalue weighted by Gasteiger charge is -2.39. The summed E-state index contributed by atoms with van der Waals surface area (Å²) in [6.45, 7) is 2.53. The van der Waals surface area contributed by atoms with E-state index < -0.39 is 24.3 Å². The highest BCUT2D eigenvalue weighted by Crippen LogP contribution is 2.41. The van der Waals surface area contributed by atoms with Crippen molar-refractivity contribution in [3.05, 3.63) is 65.7 Å².